The number of ether oxygens (including phenoxy) is 6. The summed E-state index contributed by atoms with van der Waals surface area (Å²) in [6.45, 7) is 8.15. The van der Waals surface area contributed by atoms with E-state index in [2.05, 4.69) is 135 Å². The molecule has 12 aromatic rings. The molecule has 0 N–H and O–H groups in total. The zero-order chi connectivity index (χ0) is 68.3. The van der Waals surface area contributed by atoms with Gasteiger partial charge in [0.05, 0.1) is 86.9 Å². The Morgan fingerprint density at radius 3 is 0.990 bits per heavy atom. The quantitative estimate of drug-likeness (QED) is 0.0660. The third kappa shape index (κ3) is 10.7. The average Bonchev–Trinajstić information content (AvgIpc) is 1.54. The molecule has 0 saturated carbocycles. The standard InChI is InChI=1S/C88H72F4N2O6/c1-5-85(51-97-52-85)55-99-71-39-23-61(24-40-71)87(59-19-35-69(95-3)36-20-59)77-13-9-7-11-73(77)75-43-33-67(49-79(75)87)93(83-45-27-63(89)47-81(83)91)65-29-15-57(16-30-65)58-17-31-66(32-18-58)94(84-46-28-64(90)48-82(84)92)68-34-44-76-74-12-8-10-14-78(74)88(80(76)50-68,60-21-37-70(96-4)38-22-60)62-25-41-72(42-26-62)100-56-86(6-2)53-98-54-86/h7-50H,5-6,51-56H2,1-4H3. The third-order valence-corrected chi connectivity index (χ3v) is 21.3. The van der Waals surface area contributed by atoms with Crippen LogP contribution >= 0.6 is 0 Å². The number of anilines is 6. The van der Waals surface area contributed by atoms with E-state index in [-0.39, 0.29) is 22.2 Å². The Hall–Kier alpha value is -10.9. The van der Waals surface area contributed by atoms with E-state index in [1.165, 1.54) is 24.3 Å². The molecule has 12 heteroatoms. The van der Waals surface area contributed by atoms with Gasteiger partial charge in [-0.2, -0.15) is 0 Å². The highest BCUT2D eigenvalue weighted by molar-refractivity contribution is 5.92. The Bertz CT molecular complexity index is 4690. The van der Waals surface area contributed by atoms with Gasteiger partial charge in [0.2, 0.25) is 0 Å². The van der Waals surface area contributed by atoms with Crippen molar-refractivity contribution in [1.82, 2.24) is 0 Å². The van der Waals surface area contributed by atoms with Crippen molar-refractivity contribution in [3.63, 3.8) is 0 Å². The molecule has 0 spiro atoms. The molecule has 2 unspecified atom stereocenters. The van der Waals surface area contributed by atoms with E-state index in [1.807, 2.05) is 119 Å². The Morgan fingerprint density at radius 1 is 0.340 bits per heavy atom. The Balaban J connectivity index is 0.774. The molecule has 2 aliphatic heterocycles. The zero-order valence-corrected chi connectivity index (χ0v) is 55.9. The van der Waals surface area contributed by atoms with Gasteiger partial charge in [0.25, 0.3) is 0 Å². The number of rotatable bonds is 21. The number of hydrogen-bond acceptors (Lipinski definition) is 8. The fraction of sp³-hybridized carbons (Fsp3) is 0.182. The first-order valence-corrected chi connectivity index (χ1v) is 34.0. The largest absolute Gasteiger partial charge is 0.497 e. The highest BCUT2D eigenvalue weighted by atomic mass is 19.1. The predicted octanol–water partition coefficient (Wildman–Crippen LogP) is 21.2. The second-order valence-electron chi connectivity index (χ2n) is 26.8. The van der Waals surface area contributed by atoms with Gasteiger partial charge in [-0.3, -0.25) is 0 Å². The van der Waals surface area contributed by atoms with Crippen molar-refractivity contribution < 1.29 is 46.0 Å². The summed E-state index contributed by atoms with van der Waals surface area (Å²) in [6.07, 6.45) is 1.91. The molecule has 498 valence electrons. The van der Waals surface area contributed by atoms with Crippen LogP contribution in [0.5, 0.6) is 23.0 Å². The number of hydrogen-bond donors (Lipinski definition) is 0. The predicted molar refractivity (Wildman–Crippen MR) is 387 cm³/mol. The van der Waals surface area contributed by atoms with Crippen molar-refractivity contribution >= 4 is 34.1 Å². The topological polar surface area (TPSA) is 61.9 Å². The van der Waals surface area contributed by atoms with E-state index in [0.717, 1.165) is 114 Å². The normalized spacial score (nSPS) is 17.2. The van der Waals surface area contributed by atoms with Crippen LogP contribution in [0.15, 0.2) is 267 Å². The fourth-order valence-electron chi connectivity index (χ4n) is 15.5. The minimum absolute atomic E-state index is 0.00398. The summed E-state index contributed by atoms with van der Waals surface area (Å²) in [6, 6.07) is 85.4. The highest BCUT2D eigenvalue weighted by Crippen LogP contribution is 2.60. The first-order chi connectivity index (χ1) is 48.9. The minimum Gasteiger partial charge on any atom is -0.497 e. The van der Waals surface area contributed by atoms with Crippen LogP contribution in [0.25, 0.3) is 33.4 Å². The second-order valence-corrected chi connectivity index (χ2v) is 26.8. The summed E-state index contributed by atoms with van der Waals surface area (Å²) in [4.78, 5) is 3.67. The number of fused-ring (bicyclic) bond motifs is 6. The van der Waals surface area contributed by atoms with Gasteiger partial charge in [-0.15, -0.1) is 0 Å². The third-order valence-electron chi connectivity index (χ3n) is 21.3. The lowest BCUT2D eigenvalue weighted by atomic mass is 9.67. The van der Waals surface area contributed by atoms with E-state index >= 15 is 17.6 Å². The molecular formula is C88H72F4N2O6. The van der Waals surface area contributed by atoms with Crippen LogP contribution in [-0.4, -0.2) is 53.9 Å². The van der Waals surface area contributed by atoms with Gasteiger partial charge >= 0.3 is 0 Å². The molecule has 16 rings (SSSR count). The molecule has 0 aromatic heterocycles. The van der Waals surface area contributed by atoms with E-state index in [1.54, 1.807) is 14.2 Å². The van der Waals surface area contributed by atoms with Crippen molar-refractivity contribution in [2.75, 3.05) is 63.7 Å². The molecule has 100 heavy (non-hydrogen) atoms. The van der Waals surface area contributed by atoms with E-state index in [4.69, 9.17) is 28.4 Å². The molecule has 8 nitrogen and oxygen atoms in total. The van der Waals surface area contributed by atoms with Crippen LogP contribution in [0.4, 0.5) is 51.7 Å². The second kappa shape index (κ2) is 25.7. The van der Waals surface area contributed by atoms with Crippen molar-refractivity contribution in [2.45, 2.75) is 37.5 Å². The van der Waals surface area contributed by atoms with E-state index in [9.17, 15) is 0 Å². The molecule has 2 saturated heterocycles. The van der Waals surface area contributed by atoms with Crippen LogP contribution < -0.4 is 28.7 Å². The van der Waals surface area contributed by atoms with Crippen molar-refractivity contribution in [1.29, 1.82) is 0 Å². The molecule has 2 atom stereocenters. The van der Waals surface area contributed by atoms with Gasteiger partial charge in [0, 0.05) is 34.9 Å². The van der Waals surface area contributed by atoms with E-state index < -0.39 is 34.1 Å². The number of halogens is 4. The monoisotopic (exact) mass is 1330 g/mol. The Kier molecular flexibility index (Phi) is 16.4. The van der Waals surface area contributed by atoms with Crippen LogP contribution in [0, 0.1) is 34.1 Å². The molecule has 12 aromatic carbocycles. The SMILES string of the molecule is CCC1(COc2ccc(C3(c4ccc(OC)cc4)c4ccccc4-c4ccc(N(c5ccc(-c6ccc(N(c7ccc8c(c7)C(c7ccc(OC)cc7)(c7ccc(OCC9(CC)COC9)cc7)c7ccccc7-8)c7ccc(F)cc7F)cc6)cc5)c5ccc(F)cc5F)cc43)cc2)COC1. The lowest BCUT2D eigenvalue weighted by Gasteiger charge is -2.40. The fourth-order valence-corrected chi connectivity index (χ4v) is 15.5. The van der Waals surface area contributed by atoms with Crippen LogP contribution in [0.1, 0.15) is 71.2 Å². The smallest absolute Gasteiger partial charge is 0.150 e. The average molecular weight is 1330 g/mol. The maximum Gasteiger partial charge on any atom is 0.150 e. The lowest BCUT2D eigenvalue weighted by molar-refractivity contribution is -0.133. The van der Waals surface area contributed by atoms with Crippen molar-refractivity contribution in [3.05, 3.63) is 335 Å². The summed E-state index contributed by atoms with van der Waals surface area (Å²) in [7, 11) is 3.31. The summed E-state index contributed by atoms with van der Waals surface area (Å²) >= 11 is 0. The maximum atomic E-state index is 16.7. The van der Waals surface area contributed by atoms with Crippen LogP contribution in [0.3, 0.4) is 0 Å². The van der Waals surface area contributed by atoms with Gasteiger partial charge in [-0.1, -0.05) is 147 Å². The molecule has 0 radical (unpaired) electrons. The highest BCUT2D eigenvalue weighted by Gasteiger charge is 2.49. The Labute approximate surface area is 580 Å². The summed E-state index contributed by atoms with van der Waals surface area (Å²) in [5, 5.41) is 0. The summed E-state index contributed by atoms with van der Waals surface area (Å²) in [5.74, 6) is 0.0835. The molecule has 0 bridgehead atoms. The molecule has 2 heterocycles. The van der Waals surface area contributed by atoms with Gasteiger partial charge < -0.3 is 38.2 Å². The molecular weight excluding hydrogens is 1260 g/mol. The van der Waals surface area contributed by atoms with Gasteiger partial charge in [-0.25, -0.2) is 17.6 Å². The van der Waals surface area contributed by atoms with Gasteiger partial charge in [0.15, 0.2) is 0 Å². The number of methoxy groups -OCH3 is 2. The van der Waals surface area contributed by atoms with Crippen LogP contribution in [-0.2, 0) is 20.3 Å². The minimum atomic E-state index is -0.874. The first-order valence-electron chi connectivity index (χ1n) is 34.0. The molecule has 4 aliphatic rings. The Morgan fingerprint density at radius 2 is 0.670 bits per heavy atom. The number of nitrogens with zero attached hydrogens (tertiary/aromatic N) is 2. The molecule has 0 amide bonds. The maximum absolute atomic E-state index is 16.7. The number of benzene rings is 12. The van der Waals surface area contributed by atoms with Gasteiger partial charge in [-0.05, 0) is 212 Å². The van der Waals surface area contributed by atoms with Crippen molar-refractivity contribution in [3.8, 4) is 56.4 Å². The molecule has 2 aliphatic carbocycles. The summed E-state index contributed by atoms with van der Waals surface area (Å²) < 4.78 is 99.1. The van der Waals surface area contributed by atoms with Crippen molar-refractivity contribution in [2.24, 2.45) is 10.8 Å². The zero-order valence-electron chi connectivity index (χ0n) is 55.9. The lowest BCUT2D eigenvalue weighted by Crippen LogP contribution is -2.46. The molecule has 2 fully saturated rings. The summed E-state index contributed by atoms with van der Waals surface area (Å²) in [5.41, 5.74) is 15.0. The first kappa shape index (κ1) is 63.8. The van der Waals surface area contributed by atoms with Crippen LogP contribution in [0.2, 0.25) is 0 Å². The van der Waals surface area contributed by atoms with E-state index in [0.29, 0.717) is 73.9 Å². The van der Waals surface area contributed by atoms with Gasteiger partial charge in [0.1, 0.15) is 46.3 Å².